The SMILES string of the molecule is C=Nc1c(C)ccc(C)c1C. The molecule has 1 aromatic carbocycles. The second-order valence-electron chi connectivity index (χ2n) is 2.83. The van der Waals surface area contributed by atoms with Gasteiger partial charge in [0, 0.05) is 0 Å². The molecule has 0 unspecified atom stereocenters. The lowest BCUT2D eigenvalue weighted by atomic mass is 10.0. The first kappa shape index (κ1) is 7.99. The van der Waals surface area contributed by atoms with Gasteiger partial charge in [0.2, 0.25) is 0 Å². The highest BCUT2D eigenvalue weighted by Gasteiger charge is 2.00. The average Bonchev–Trinajstić information content (AvgIpc) is 1.99. The second-order valence-corrected chi connectivity index (χ2v) is 2.83. The Morgan fingerprint density at radius 3 is 2.09 bits per heavy atom. The lowest BCUT2D eigenvalue weighted by molar-refractivity contribution is 1.27. The van der Waals surface area contributed by atoms with E-state index in [0.717, 1.165) is 5.69 Å². The average molecular weight is 147 g/mol. The van der Waals surface area contributed by atoms with E-state index in [2.05, 4.69) is 44.6 Å². The zero-order valence-corrected chi connectivity index (χ0v) is 7.31. The van der Waals surface area contributed by atoms with Crippen molar-refractivity contribution in [3.8, 4) is 0 Å². The summed E-state index contributed by atoms with van der Waals surface area (Å²) in [4.78, 5) is 3.98. The van der Waals surface area contributed by atoms with Gasteiger partial charge in [0.25, 0.3) is 0 Å². The van der Waals surface area contributed by atoms with E-state index in [9.17, 15) is 0 Å². The van der Waals surface area contributed by atoms with Gasteiger partial charge < -0.3 is 0 Å². The Balaban J connectivity index is 3.40. The van der Waals surface area contributed by atoms with Gasteiger partial charge in [0.05, 0.1) is 5.69 Å². The van der Waals surface area contributed by atoms with Crippen molar-refractivity contribution in [3.63, 3.8) is 0 Å². The van der Waals surface area contributed by atoms with E-state index in [-0.39, 0.29) is 0 Å². The first-order chi connectivity index (χ1) is 5.16. The van der Waals surface area contributed by atoms with Gasteiger partial charge in [0.15, 0.2) is 0 Å². The smallest absolute Gasteiger partial charge is 0.0683 e. The van der Waals surface area contributed by atoms with Crippen LogP contribution in [-0.4, -0.2) is 6.72 Å². The molecule has 1 nitrogen and oxygen atoms in total. The molecule has 0 fully saturated rings. The maximum atomic E-state index is 3.98. The summed E-state index contributed by atoms with van der Waals surface area (Å²) in [6.45, 7) is 9.76. The fourth-order valence-electron chi connectivity index (χ4n) is 1.18. The van der Waals surface area contributed by atoms with Crippen LogP contribution >= 0.6 is 0 Å². The van der Waals surface area contributed by atoms with Crippen LogP contribution in [0, 0.1) is 20.8 Å². The fraction of sp³-hybridized carbons (Fsp3) is 0.300. The number of aliphatic imine (C=N–C) groups is 1. The molecule has 1 aromatic rings. The van der Waals surface area contributed by atoms with Gasteiger partial charge in [-0.25, -0.2) is 0 Å². The van der Waals surface area contributed by atoms with Crippen molar-refractivity contribution in [1.29, 1.82) is 0 Å². The van der Waals surface area contributed by atoms with Crippen LogP contribution in [0.3, 0.4) is 0 Å². The van der Waals surface area contributed by atoms with E-state index in [1.54, 1.807) is 0 Å². The molecule has 0 aromatic heterocycles. The van der Waals surface area contributed by atoms with Gasteiger partial charge in [-0.1, -0.05) is 12.1 Å². The molecule has 0 aliphatic heterocycles. The largest absolute Gasteiger partial charge is 0.264 e. The summed E-state index contributed by atoms with van der Waals surface area (Å²) in [7, 11) is 0. The molecule has 1 rings (SSSR count). The number of rotatable bonds is 1. The number of hydrogen-bond acceptors (Lipinski definition) is 1. The highest BCUT2D eigenvalue weighted by molar-refractivity contribution is 5.58. The van der Waals surface area contributed by atoms with Crippen molar-refractivity contribution in [3.05, 3.63) is 28.8 Å². The molecule has 0 amide bonds. The van der Waals surface area contributed by atoms with Gasteiger partial charge in [-0.2, -0.15) is 0 Å². The maximum Gasteiger partial charge on any atom is 0.0683 e. The Hall–Kier alpha value is -1.11. The number of aryl methyl sites for hydroxylation is 2. The quantitative estimate of drug-likeness (QED) is 0.541. The third kappa shape index (κ3) is 1.32. The van der Waals surface area contributed by atoms with Gasteiger partial charge in [-0.3, -0.25) is 4.99 Å². The molecule has 1 heteroatoms. The summed E-state index contributed by atoms with van der Waals surface area (Å²) in [5, 5.41) is 0. The molecular weight excluding hydrogens is 134 g/mol. The Labute approximate surface area is 67.8 Å². The summed E-state index contributed by atoms with van der Waals surface area (Å²) in [6.07, 6.45) is 0. The van der Waals surface area contributed by atoms with E-state index >= 15 is 0 Å². The molecule has 0 aliphatic rings. The van der Waals surface area contributed by atoms with E-state index in [1.807, 2.05) is 0 Å². The van der Waals surface area contributed by atoms with Gasteiger partial charge in [-0.05, 0) is 44.2 Å². The van der Waals surface area contributed by atoms with Gasteiger partial charge in [-0.15, -0.1) is 0 Å². The van der Waals surface area contributed by atoms with Crippen LogP contribution in [0.2, 0.25) is 0 Å². The lowest BCUT2D eigenvalue weighted by Gasteiger charge is -2.06. The highest BCUT2D eigenvalue weighted by atomic mass is 14.7. The minimum absolute atomic E-state index is 1.03. The van der Waals surface area contributed by atoms with Crippen molar-refractivity contribution in [2.45, 2.75) is 20.8 Å². The number of benzene rings is 1. The van der Waals surface area contributed by atoms with E-state index in [0.29, 0.717) is 0 Å². The minimum atomic E-state index is 1.03. The van der Waals surface area contributed by atoms with Crippen LogP contribution in [0.15, 0.2) is 17.1 Å². The van der Waals surface area contributed by atoms with Crippen LogP contribution in [0.1, 0.15) is 16.7 Å². The molecule has 0 bridgehead atoms. The number of nitrogens with zero attached hydrogens (tertiary/aromatic N) is 1. The highest BCUT2D eigenvalue weighted by Crippen LogP contribution is 2.24. The molecule has 0 N–H and O–H groups in total. The minimum Gasteiger partial charge on any atom is -0.264 e. The summed E-state index contributed by atoms with van der Waals surface area (Å²) in [5.74, 6) is 0. The zero-order chi connectivity index (χ0) is 8.43. The third-order valence-corrected chi connectivity index (χ3v) is 2.06. The van der Waals surface area contributed by atoms with E-state index in [1.165, 1.54) is 16.7 Å². The van der Waals surface area contributed by atoms with Gasteiger partial charge >= 0.3 is 0 Å². The lowest BCUT2D eigenvalue weighted by Crippen LogP contribution is -1.83. The predicted octanol–water partition coefficient (Wildman–Crippen LogP) is 2.94. The first-order valence-corrected chi connectivity index (χ1v) is 3.70. The molecule has 0 saturated carbocycles. The Morgan fingerprint density at radius 1 is 1.09 bits per heavy atom. The van der Waals surface area contributed by atoms with Crippen molar-refractivity contribution in [2.24, 2.45) is 4.99 Å². The predicted molar refractivity (Wildman–Crippen MR) is 49.9 cm³/mol. The molecule has 11 heavy (non-hydrogen) atoms. The van der Waals surface area contributed by atoms with Crippen LogP contribution in [0.25, 0.3) is 0 Å². The summed E-state index contributed by atoms with van der Waals surface area (Å²) in [5.41, 5.74) is 4.74. The molecule has 0 saturated heterocycles. The fourth-order valence-corrected chi connectivity index (χ4v) is 1.18. The Bertz CT molecular complexity index is 287. The Kier molecular flexibility index (Phi) is 2.08. The maximum absolute atomic E-state index is 3.98. The monoisotopic (exact) mass is 147 g/mol. The number of hydrogen-bond donors (Lipinski definition) is 0. The third-order valence-electron chi connectivity index (χ3n) is 2.06. The van der Waals surface area contributed by atoms with E-state index in [4.69, 9.17) is 0 Å². The molecule has 0 heterocycles. The van der Waals surface area contributed by atoms with Crippen molar-refractivity contribution in [2.75, 3.05) is 0 Å². The van der Waals surface area contributed by atoms with Crippen LogP contribution in [0.4, 0.5) is 5.69 Å². The summed E-state index contributed by atoms with van der Waals surface area (Å²) in [6, 6.07) is 4.19. The van der Waals surface area contributed by atoms with Crippen molar-refractivity contribution >= 4 is 12.4 Å². The van der Waals surface area contributed by atoms with Crippen LogP contribution in [0.5, 0.6) is 0 Å². The summed E-state index contributed by atoms with van der Waals surface area (Å²) < 4.78 is 0. The molecule has 0 aliphatic carbocycles. The molecule has 0 atom stereocenters. The molecular formula is C10H13N. The van der Waals surface area contributed by atoms with Crippen LogP contribution < -0.4 is 0 Å². The zero-order valence-electron chi connectivity index (χ0n) is 7.31. The summed E-state index contributed by atoms with van der Waals surface area (Å²) >= 11 is 0. The standard InChI is InChI=1S/C10H13N/c1-7-5-6-8(2)10(11-4)9(7)3/h5-6H,4H2,1-3H3. The topological polar surface area (TPSA) is 12.4 Å². The van der Waals surface area contributed by atoms with Gasteiger partial charge in [0.1, 0.15) is 0 Å². The van der Waals surface area contributed by atoms with Crippen molar-refractivity contribution in [1.82, 2.24) is 0 Å². The van der Waals surface area contributed by atoms with E-state index < -0.39 is 0 Å². The second kappa shape index (κ2) is 2.87. The van der Waals surface area contributed by atoms with Crippen LogP contribution in [-0.2, 0) is 0 Å². The molecule has 0 spiro atoms. The normalized spacial score (nSPS) is 9.73. The Morgan fingerprint density at radius 2 is 1.64 bits per heavy atom. The first-order valence-electron chi connectivity index (χ1n) is 3.70. The molecule has 0 radical (unpaired) electrons. The van der Waals surface area contributed by atoms with Crippen molar-refractivity contribution < 1.29 is 0 Å². The molecule has 58 valence electrons.